The minimum absolute atomic E-state index is 0.0110. The van der Waals surface area contributed by atoms with Gasteiger partial charge in [0.25, 0.3) is 26.0 Å². The second-order valence-corrected chi connectivity index (χ2v) is 12.8. The van der Waals surface area contributed by atoms with E-state index in [0.717, 1.165) is 5.56 Å². The predicted octanol–water partition coefficient (Wildman–Crippen LogP) is 6.46. The highest BCUT2D eigenvalue weighted by molar-refractivity contribution is 7.93. The number of halogens is 2. The first-order valence-corrected chi connectivity index (χ1v) is 15.2. The van der Waals surface area contributed by atoms with Crippen LogP contribution >= 0.6 is 23.2 Å². The lowest BCUT2D eigenvalue weighted by Gasteiger charge is -2.13. The van der Waals surface area contributed by atoms with Gasteiger partial charge in [0.05, 0.1) is 31.8 Å². The van der Waals surface area contributed by atoms with Crippen LogP contribution in [0.2, 0.25) is 10.0 Å². The highest BCUT2D eigenvalue weighted by Crippen LogP contribution is 2.27. The molecule has 0 bridgehead atoms. The van der Waals surface area contributed by atoms with Crippen LogP contribution in [0.1, 0.15) is 21.5 Å². The maximum Gasteiger partial charge on any atom is 0.261 e. The number of hydrogen-bond acceptors (Lipinski definition) is 5. The molecule has 4 aromatic carbocycles. The lowest BCUT2D eigenvalue weighted by molar-refractivity contribution is 0.102. The average Bonchev–Trinajstić information content (AvgIpc) is 2.87. The molecule has 0 radical (unpaired) electrons. The first kappa shape index (κ1) is 28.4. The second kappa shape index (κ2) is 11.3. The number of sulfonamides is 2. The van der Waals surface area contributed by atoms with Gasteiger partial charge in [0.15, 0.2) is 0 Å². The van der Waals surface area contributed by atoms with E-state index in [0.29, 0.717) is 22.0 Å². The number of carbonyl (C=O) groups is 1. The van der Waals surface area contributed by atoms with E-state index in [1.165, 1.54) is 54.6 Å². The van der Waals surface area contributed by atoms with Gasteiger partial charge in [0.1, 0.15) is 0 Å². The Bertz CT molecular complexity index is 1760. The van der Waals surface area contributed by atoms with Crippen LogP contribution in [0.3, 0.4) is 0 Å². The predicted molar refractivity (Wildman–Crippen MR) is 155 cm³/mol. The van der Waals surface area contributed by atoms with Crippen LogP contribution in [0.5, 0.6) is 0 Å². The van der Waals surface area contributed by atoms with Crippen molar-refractivity contribution in [3.63, 3.8) is 0 Å². The van der Waals surface area contributed by atoms with Crippen molar-refractivity contribution < 1.29 is 21.6 Å². The lowest BCUT2D eigenvalue weighted by Crippen LogP contribution is -2.15. The van der Waals surface area contributed by atoms with Crippen LogP contribution < -0.4 is 14.8 Å². The minimum Gasteiger partial charge on any atom is -0.322 e. The molecule has 12 heteroatoms. The summed E-state index contributed by atoms with van der Waals surface area (Å²) in [6, 6.07) is 21.0. The van der Waals surface area contributed by atoms with Gasteiger partial charge in [-0.25, -0.2) is 16.8 Å². The number of aryl methyl sites for hydroxylation is 1. The molecule has 39 heavy (non-hydrogen) atoms. The van der Waals surface area contributed by atoms with E-state index >= 15 is 0 Å². The standard InChI is InChI=1S/C27H23Cl2N3O5S2/c1-17-6-11-21(12-7-17)38(34,35)31-20-10-15-23(25(29)16-20)27(33)30-19-8-13-22(14-9-19)39(36,37)32-26-5-3-4-24(28)18(26)2/h3-16,31-32H,1-2H3,(H,30,33). The maximum atomic E-state index is 12.8. The number of nitrogens with one attached hydrogen (secondary N) is 3. The number of benzene rings is 4. The number of carbonyl (C=O) groups excluding carboxylic acids is 1. The molecule has 8 nitrogen and oxygen atoms in total. The van der Waals surface area contributed by atoms with Gasteiger partial charge in [-0.3, -0.25) is 14.2 Å². The van der Waals surface area contributed by atoms with Gasteiger partial charge in [-0.05, 0) is 86.1 Å². The fourth-order valence-electron chi connectivity index (χ4n) is 3.53. The minimum atomic E-state index is -3.90. The van der Waals surface area contributed by atoms with Crippen molar-refractivity contribution in [2.24, 2.45) is 0 Å². The Morgan fingerprint density at radius 3 is 1.85 bits per heavy atom. The SMILES string of the molecule is Cc1ccc(S(=O)(=O)Nc2ccc(C(=O)Nc3ccc(S(=O)(=O)Nc4cccc(Cl)c4C)cc3)c(Cl)c2)cc1. The number of rotatable bonds is 8. The molecule has 0 saturated heterocycles. The van der Waals surface area contributed by atoms with Gasteiger partial charge in [-0.15, -0.1) is 0 Å². The van der Waals surface area contributed by atoms with Crippen molar-refractivity contribution in [2.45, 2.75) is 23.6 Å². The van der Waals surface area contributed by atoms with Crippen LogP contribution in [-0.4, -0.2) is 22.7 Å². The maximum absolute atomic E-state index is 12.8. The monoisotopic (exact) mass is 603 g/mol. The molecule has 0 unspecified atom stereocenters. The molecule has 0 aliphatic heterocycles. The summed E-state index contributed by atoms with van der Waals surface area (Å²) in [4.78, 5) is 12.9. The van der Waals surface area contributed by atoms with Crippen LogP contribution in [-0.2, 0) is 20.0 Å². The van der Waals surface area contributed by atoms with Gasteiger partial charge in [-0.1, -0.05) is 47.0 Å². The Labute approximate surface area is 237 Å². The number of amides is 1. The Hall–Kier alpha value is -3.57. The van der Waals surface area contributed by atoms with E-state index in [9.17, 15) is 21.6 Å². The van der Waals surface area contributed by atoms with Crippen molar-refractivity contribution in [3.8, 4) is 0 Å². The molecule has 0 heterocycles. The highest BCUT2D eigenvalue weighted by Gasteiger charge is 2.18. The van der Waals surface area contributed by atoms with E-state index < -0.39 is 26.0 Å². The Morgan fingerprint density at radius 2 is 1.23 bits per heavy atom. The molecule has 0 aliphatic rings. The molecule has 3 N–H and O–H groups in total. The van der Waals surface area contributed by atoms with Gasteiger partial charge in [0.2, 0.25) is 0 Å². The molecule has 4 rings (SSSR count). The third-order valence-corrected chi connectivity index (χ3v) is 9.23. The third kappa shape index (κ3) is 6.72. The molecule has 202 valence electrons. The summed E-state index contributed by atoms with van der Waals surface area (Å²) in [7, 11) is -7.74. The van der Waals surface area contributed by atoms with E-state index in [1.54, 1.807) is 37.3 Å². The van der Waals surface area contributed by atoms with E-state index in [1.807, 2.05) is 6.92 Å². The topological polar surface area (TPSA) is 121 Å². The number of anilines is 3. The molecule has 0 spiro atoms. The van der Waals surface area contributed by atoms with Gasteiger partial charge < -0.3 is 5.32 Å². The number of hydrogen-bond donors (Lipinski definition) is 3. The summed E-state index contributed by atoms with van der Waals surface area (Å²) in [5.74, 6) is -0.559. The molecule has 0 aromatic heterocycles. The van der Waals surface area contributed by atoms with Gasteiger partial charge >= 0.3 is 0 Å². The first-order valence-electron chi connectivity index (χ1n) is 11.4. The summed E-state index contributed by atoms with van der Waals surface area (Å²) in [6.07, 6.45) is 0. The average molecular weight is 605 g/mol. The molecule has 0 atom stereocenters. The van der Waals surface area contributed by atoms with Crippen molar-refractivity contribution >= 4 is 66.2 Å². The Kier molecular flexibility index (Phi) is 8.22. The summed E-state index contributed by atoms with van der Waals surface area (Å²) < 4.78 is 55.8. The van der Waals surface area contributed by atoms with Crippen LogP contribution in [0, 0.1) is 13.8 Å². The fraction of sp³-hybridized carbons (Fsp3) is 0.0741. The van der Waals surface area contributed by atoms with Crippen molar-refractivity contribution in [3.05, 3.63) is 112 Å². The molecule has 4 aromatic rings. The van der Waals surface area contributed by atoms with E-state index in [2.05, 4.69) is 14.8 Å². The molecule has 1 amide bonds. The Balaban J connectivity index is 1.45. The molecular formula is C27H23Cl2N3O5S2. The van der Waals surface area contributed by atoms with Gasteiger partial charge in [-0.2, -0.15) is 0 Å². The molecule has 0 aliphatic carbocycles. The van der Waals surface area contributed by atoms with Crippen molar-refractivity contribution in [1.29, 1.82) is 0 Å². The molecule has 0 fully saturated rings. The van der Waals surface area contributed by atoms with Crippen LogP contribution in [0.25, 0.3) is 0 Å². The summed E-state index contributed by atoms with van der Waals surface area (Å²) in [6.45, 7) is 3.56. The normalized spacial score (nSPS) is 11.6. The zero-order valence-corrected chi connectivity index (χ0v) is 23.8. The quantitative estimate of drug-likeness (QED) is 0.213. The fourth-order valence-corrected chi connectivity index (χ4v) is 6.15. The summed E-state index contributed by atoms with van der Waals surface area (Å²) in [5, 5.41) is 3.11. The van der Waals surface area contributed by atoms with Crippen LogP contribution in [0.4, 0.5) is 17.1 Å². The smallest absolute Gasteiger partial charge is 0.261 e. The van der Waals surface area contributed by atoms with Crippen LogP contribution in [0.15, 0.2) is 94.7 Å². The zero-order valence-electron chi connectivity index (χ0n) is 20.7. The second-order valence-electron chi connectivity index (χ2n) is 8.61. The summed E-state index contributed by atoms with van der Waals surface area (Å²) >= 11 is 12.4. The van der Waals surface area contributed by atoms with Crippen molar-refractivity contribution in [2.75, 3.05) is 14.8 Å². The largest absolute Gasteiger partial charge is 0.322 e. The Morgan fingerprint density at radius 1 is 0.667 bits per heavy atom. The summed E-state index contributed by atoms with van der Waals surface area (Å²) in [5.41, 5.74) is 2.50. The third-order valence-electron chi connectivity index (χ3n) is 5.73. The van der Waals surface area contributed by atoms with Gasteiger partial charge in [0, 0.05) is 10.7 Å². The van der Waals surface area contributed by atoms with Crippen molar-refractivity contribution in [1.82, 2.24) is 0 Å². The zero-order chi connectivity index (χ0) is 28.4. The molecular weight excluding hydrogens is 581 g/mol. The lowest BCUT2D eigenvalue weighted by atomic mass is 10.2. The van der Waals surface area contributed by atoms with E-state index in [-0.39, 0.29) is 26.1 Å². The molecule has 0 saturated carbocycles. The van der Waals surface area contributed by atoms with E-state index in [4.69, 9.17) is 23.2 Å². The highest BCUT2D eigenvalue weighted by atomic mass is 35.5. The first-order chi connectivity index (χ1) is 18.4.